The monoisotopic (exact) mass is 457 g/mol. The van der Waals surface area contributed by atoms with E-state index >= 15 is 0 Å². The lowest BCUT2D eigenvalue weighted by atomic mass is 10.0. The number of halogens is 1. The predicted octanol–water partition coefficient (Wildman–Crippen LogP) is 4.22. The number of carbonyl (C=O) groups excluding carboxylic acids is 1. The van der Waals surface area contributed by atoms with E-state index in [1.165, 1.54) is 11.5 Å². The quantitative estimate of drug-likeness (QED) is 0.367. The average molecular weight is 458 g/mol. The first-order valence-corrected chi connectivity index (χ1v) is 9.55. The summed E-state index contributed by atoms with van der Waals surface area (Å²) in [6.07, 6.45) is 2.27. The zero-order chi connectivity index (χ0) is 19.3. The number of aromatic nitrogens is 1. The fourth-order valence-corrected chi connectivity index (χ4v) is 3.84. The maximum absolute atomic E-state index is 11.0. The zero-order valence-electron chi connectivity index (χ0n) is 13.8. The number of carboxylic acids is 1. The maximum atomic E-state index is 11.0. The van der Waals surface area contributed by atoms with Gasteiger partial charge in [0, 0.05) is 23.4 Å². The van der Waals surface area contributed by atoms with Crippen molar-refractivity contribution in [3.8, 4) is 5.88 Å². The van der Waals surface area contributed by atoms with Gasteiger partial charge in [-0.25, -0.2) is 0 Å². The van der Waals surface area contributed by atoms with Crippen molar-refractivity contribution in [2.45, 2.75) is 19.9 Å². The lowest BCUT2D eigenvalue weighted by molar-refractivity contribution is -0.141. The molecule has 6 nitrogen and oxygen atoms in total. The highest BCUT2D eigenvalue weighted by Crippen LogP contribution is 2.36. The van der Waals surface area contributed by atoms with Gasteiger partial charge in [-0.15, -0.1) is 11.3 Å². The fourth-order valence-electron chi connectivity index (χ4n) is 2.22. The highest BCUT2D eigenvalue weighted by Gasteiger charge is 2.18. The molecular formula is C17H16BrNO5S2. The van der Waals surface area contributed by atoms with Crippen LogP contribution in [0.25, 0.3) is 5.57 Å². The molecule has 0 saturated heterocycles. The van der Waals surface area contributed by atoms with Crippen molar-refractivity contribution >= 4 is 57.0 Å². The molecule has 9 heteroatoms. The second-order valence-corrected chi connectivity index (χ2v) is 7.81. The first-order valence-electron chi connectivity index (χ1n) is 7.53. The Morgan fingerprint density at radius 3 is 2.58 bits per heavy atom. The van der Waals surface area contributed by atoms with Crippen LogP contribution in [0.5, 0.6) is 5.88 Å². The lowest BCUT2D eigenvalue weighted by Gasteiger charge is -2.08. The normalized spacial score (nSPS) is 11.4. The van der Waals surface area contributed by atoms with E-state index < -0.39 is 12.5 Å². The first kappa shape index (κ1) is 20.3. The Balaban J connectivity index is 2.45. The molecule has 0 radical (unpaired) electrons. The Hall–Kier alpha value is -1.97. The van der Waals surface area contributed by atoms with Crippen molar-refractivity contribution in [3.63, 3.8) is 0 Å². The summed E-state index contributed by atoms with van der Waals surface area (Å²) in [5, 5.41) is 19.5. The number of aromatic hydroxyl groups is 1. The van der Waals surface area contributed by atoms with Gasteiger partial charge in [-0.2, -0.15) is 0 Å². The molecular weight excluding hydrogens is 442 g/mol. The van der Waals surface area contributed by atoms with Crippen LogP contribution in [0.4, 0.5) is 0 Å². The third-order valence-electron chi connectivity index (χ3n) is 3.33. The highest BCUT2D eigenvalue weighted by molar-refractivity contribution is 9.10. The number of aliphatic carboxylic acids is 1. The van der Waals surface area contributed by atoms with E-state index in [1.54, 1.807) is 0 Å². The van der Waals surface area contributed by atoms with Crippen molar-refractivity contribution in [2.24, 2.45) is 0 Å². The Kier molecular flexibility index (Phi) is 7.13. The summed E-state index contributed by atoms with van der Waals surface area (Å²) in [7, 11) is 0. The molecule has 2 rings (SSSR count). The van der Waals surface area contributed by atoms with Gasteiger partial charge in [-0.05, 0) is 29.9 Å². The largest absolute Gasteiger partial charge is 0.493 e. The van der Waals surface area contributed by atoms with Gasteiger partial charge in [-0.1, -0.05) is 34.1 Å². The van der Waals surface area contributed by atoms with Crippen LogP contribution in [0, 0.1) is 3.95 Å². The number of ether oxygens (including phenoxy) is 1. The summed E-state index contributed by atoms with van der Waals surface area (Å²) < 4.78 is 7.29. The topological polar surface area (TPSA) is 88.8 Å². The second-order valence-electron chi connectivity index (χ2n) is 5.25. The zero-order valence-corrected chi connectivity index (χ0v) is 17.0. The van der Waals surface area contributed by atoms with Crippen molar-refractivity contribution in [2.75, 3.05) is 6.61 Å². The third-order valence-corrected chi connectivity index (χ3v) is 5.33. The summed E-state index contributed by atoms with van der Waals surface area (Å²) >= 11 is 9.70. The molecule has 2 N–H and O–H groups in total. The molecule has 1 aromatic heterocycles. The number of benzene rings is 1. The molecule has 0 amide bonds. The molecule has 0 atom stereocenters. The number of carbonyl (C=O) groups is 2. The molecule has 0 fully saturated rings. The van der Waals surface area contributed by atoms with Crippen molar-refractivity contribution in [1.29, 1.82) is 0 Å². The van der Waals surface area contributed by atoms with Crippen LogP contribution in [0.2, 0.25) is 0 Å². The summed E-state index contributed by atoms with van der Waals surface area (Å²) in [5.41, 5.74) is 1.52. The van der Waals surface area contributed by atoms with Crippen LogP contribution < -0.4 is 0 Å². The number of hydrogen-bond acceptors (Lipinski definition) is 6. The molecule has 1 aromatic carbocycles. The molecule has 0 bridgehead atoms. The Morgan fingerprint density at radius 2 is 2.00 bits per heavy atom. The molecule has 2 aromatic rings. The third kappa shape index (κ3) is 5.26. The van der Waals surface area contributed by atoms with E-state index in [2.05, 4.69) is 15.9 Å². The van der Waals surface area contributed by atoms with Crippen LogP contribution in [-0.4, -0.2) is 33.3 Å². The predicted molar refractivity (Wildman–Crippen MR) is 105 cm³/mol. The van der Waals surface area contributed by atoms with E-state index in [1.807, 2.05) is 30.3 Å². The van der Waals surface area contributed by atoms with Gasteiger partial charge < -0.3 is 14.9 Å². The summed E-state index contributed by atoms with van der Waals surface area (Å²) in [6.45, 7) is 1.13. The van der Waals surface area contributed by atoms with Crippen LogP contribution in [0.15, 0.2) is 34.8 Å². The molecule has 0 aliphatic rings. The van der Waals surface area contributed by atoms with E-state index in [0.717, 1.165) is 21.4 Å². The Morgan fingerprint density at radius 1 is 1.35 bits per heavy atom. The molecule has 26 heavy (non-hydrogen) atoms. The summed E-state index contributed by atoms with van der Waals surface area (Å²) in [5.74, 6) is -1.65. The van der Waals surface area contributed by atoms with Crippen molar-refractivity contribution in [3.05, 3.63) is 49.2 Å². The molecule has 1 heterocycles. The van der Waals surface area contributed by atoms with Gasteiger partial charge in [0.25, 0.3) is 0 Å². The molecule has 0 aliphatic carbocycles. The lowest BCUT2D eigenvalue weighted by Crippen LogP contribution is -2.08. The Bertz CT molecular complexity index is 899. The van der Waals surface area contributed by atoms with E-state index in [-0.39, 0.29) is 22.4 Å². The van der Waals surface area contributed by atoms with Crippen LogP contribution in [0.1, 0.15) is 23.8 Å². The van der Waals surface area contributed by atoms with Crippen LogP contribution in [0.3, 0.4) is 0 Å². The minimum atomic E-state index is -1.09. The van der Waals surface area contributed by atoms with E-state index in [4.69, 9.17) is 22.1 Å². The number of thiazole rings is 1. The van der Waals surface area contributed by atoms with Gasteiger partial charge in [0.2, 0.25) is 5.88 Å². The van der Waals surface area contributed by atoms with Crippen molar-refractivity contribution in [1.82, 2.24) is 4.57 Å². The maximum Gasteiger partial charge on any atom is 0.323 e. The number of rotatable bonds is 7. The second kappa shape index (κ2) is 9.11. The molecule has 0 unspecified atom stereocenters. The van der Waals surface area contributed by atoms with Gasteiger partial charge in [0.15, 0.2) is 3.95 Å². The standard InChI is InChI=1S/C17H16BrNO5S2/c1-10(20)24-8-2-3-13(11-4-6-12(18)7-5-11)15-16(23)19(9-14(21)22)17(25)26-15/h3-7,23H,2,8-9H2,1H3,(H,21,22)/b13-3+. The average Bonchev–Trinajstić information content (AvgIpc) is 2.83. The molecule has 138 valence electrons. The van der Waals surface area contributed by atoms with Crippen LogP contribution in [-0.2, 0) is 20.9 Å². The first-order chi connectivity index (χ1) is 12.3. The number of hydrogen-bond donors (Lipinski definition) is 2. The fraction of sp³-hybridized carbons (Fsp3) is 0.235. The molecule has 0 aliphatic heterocycles. The van der Waals surface area contributed by atoms with Gasteiger partial charge in [0.1, 0.15) is 6.54 Å². The molecule has 0 saturated carbocycles. The minimum Gasteiger partial charge on any atom is -0.493 e. The molecule has 0 spiro atoms. The SMILES string of the molecule is CC(=O)OCC/C=C(\c1ccc(Br)cc1)c1sc(=S)n(CC(=O)O)c1O. The number of esters is 1. The van der Waals surface area contributed by atoms with Crippen molar-refractivity contribution < 1.29 is 24.5 Å². The highest BCUT2D eigenvalue weighted by atomic mass is 79.9. The van der Waals surface area contributed by atoms with E-state index in [0.29, 0.717) is 16.9 Å². The van der Waals surface area contributed by atoms with Gasteiger partial charge in [-0.3, -0.25) is 14.2 Å². The smallest absolute Gasteiger partial charge is 0.323 e. The number of nitrogens with zero attached hydrogens (tertiary/aromatic N) is 1. The van der Waals surface area contributed by atoms with E-state index in [9.17, 15) is 14.7 Å². The van der Waals surface area contributed by atoms with Crippen LogP contribution >= 0.6 is 39.5 Å². The van der Waals surface area contributed by atoms with Gasteiger partial charge in [0.05, 0.1) is 11.5 Å². The Labute approximate surface area is 167 Å². The minimum absolute atomic E-state index is 0.191. The summed E-state index contributed by atoms with van der Waals surface area (Å²) in [6, 6.07) is 7.45. The number of carboxylic acid groups (broad SMARTS) is 1. The van der Waals surface area contributed by atoms with Gasteiger partial charge >= 0.3 is 11.9 Å². The summed E-state index contributed by atoms with van der Waals surface area (Å²) in [4.78, 5) is 22.4.